The Morgan fingerprint density at radius 3 is 2.92 bits per heavy atom. The predicted molar refractivity (Wildman–Crippen MR) is 88.4 cm³/mol. The maximum atomic E-state index is 13.7. The Bertz CT molecular complexity index is 567. The maximum Gasteiger partial charge on any atom is 0.320 e. The third kappa shape index (κ3) is 5.70. The van der Waals surface area contributed by atoms with Gasteiger partial charge in [-0.3, -0.25) is 4.79 Å². The summed E-state index contributed by atoms with van der Waals surface area (Å²) in [6, 6.07) is 2.81. The van der Waals surface area contributed by atoms with Gasteiger partial charge in [0.2, 0.25) is 5.92 Å². The smallest absolute Gasteiger partial charge is 0.320 e. The fourth-order valence-electron chi connectivity index (χ4n) is 2.81. The average Bonchev–Trinajstić information content (AvgIpc) is 2.56. The molecule has 0 radical (unpaired) electrons. The fraction of sp³-hybridized carbons (Fsp3) is 0.647. The van der Waals surface area contributed by atoms with Gasteiger partial charge in [0.1, 0.15) is 11.9 Å². The molecule has 0 amide bonds. The first-order valence-electron chi connectivity index (χ1n) is 8.46. The van der Waals surface area contributed by atoms with E-state index in [4.69, 9.17) is 10.8 Å². The number of carbonyl (C=O) groups is 1. The number of nitrogens with one attached hydrogen (secondary N) is 1. The summed E-state index contributed by atoms with van der Waals surface area (Å²) in [4.78, 5) is 15.1. The van der Waals surface area contributed by atoms with Crippen LogP contribution in [-0.2, 0) is 17.6 Å². The van der Waals surface area contributed by atoms with Gasteiger partial charge in [-0.05, 0) is 50.2 Å². The SMILES string of the molecule is N[C@@H](CCC(F)(F)CCCCc1ccc2c(n1)NCCC2)C(=O)O. The van der Waals surface area contributed by atoms with E-state index < -0.39 is 24.4 Å². The number of nitrogens with two attached hydrogens (primary N) is 1. The zero-order valence-corrected chi connectivity index (χ0v) is 13.7. The molecule has 1 aromatic rings. The van der Waals surface area contributed by atoms with Crippen LogP contribution in [0.5, 0.6) is 0 Å². The summed E-state index contributed by atoms with van der Waals surface area (Å²) in [6.07, 6.45) is 2.87. The first kappa shape index (κ1) is 18.6. The highest BCUT2D eigenvalue weighted by atomic mass is 19.3. The van der Waals surface area contributed by atoms with Crippen LogP contribution in [-0.4, -0.2) is 34.6 Å². The summed E-state index contributed by atoms with van der Waals surface area (Å²) in [5, 5.41) is 11.9. The number of carboxylic acids is 1. The molecular weight excluding hydrogens is 316 g/mol. The summed E-state index contributed by atoms with van der Waals surface area (Å²) < 4.78 is 27.4. The van der Waals surface area contributed by atoms with Crippen LogP contribution in [0.1, 0.15) is 49.8 Å². The number of nitrogens with zero attached hydrogens (tertiary/aromatic N) is 1. The summed E-state index contributed by atoms with van der Waals surface area (Å²) in [5.74, 6) is -3.18. The number of unbranched alkanes of at least 4 members (excludes halogenated alkanes) is 1. The molecule has 24 heavy (non-hydrogen) atoms. The average molecular weight is 341 g/mol. The molecule has 1 aliphatic rings. The third-order valence-corrected chi connectivity index (χ3v) is 4.32. The second kappa shape index (κ2) is 8.37. The van der Waals surface area contributed by atoms with Crippen molar-refractivity contribution in [2.75, 3.05) is 11.9 Å². The lowest BCUT2D eigenvalue weighted by molar-refractivity contribution is -0.139. The number of alkyl halides is 2. The Balaban J connectivity index is 1.71. The van der Waals surface area contributed by atoms with Gasteiger partial charge in [0.25, 0.3) is 0 Å². The van der Waals surface area contributed by atoms with Gasteiger partial charge in [0.05, 0.1) is 0 Å². The van der Waals surface area contributed by atoms with E-state index in [1.165, 1.54) is 5.56 Å². The Labute approximate surface area is 140 Å². The van der Waals surface area contributed by atoms with E-state index in [9.17, 15) is 13.6 Å². The van der Waals surface area contributed by atoms with Gasteiger partial charge in [-0.15, -0.1) is 0 Å². The Morgan fingerprint density at radius 2 is 2.17 bits per heavy atom. The van der Waals surface area contributed by atoms with Gasteiger partial charge in [0, 0.05) is 25.1 Å². The molecule has 0 fully saturated rings. The molecule has 0 bridgehead atoms. The summed E-state index contributed by atoms with van der Waals surface area (Å²) in [5.41, 5.74) is 7.39. The van der Waals surface area contributed by atoms with E-state index in [0.717, 1.165) is 30.9 Å². The maximum absolute atomic E-state index is 13.7. The standard InChI is InChI=1S/C17H25F2N3O2/c18-17(19,10-8-14(20)16(23)24)9-2-1-5-13-7-6-12-4-3-11-21-15(12)22-13/h6-7,14H,1-5,8-11,20H2,(H,21,22)(H,23,24)/t14-/m0/s1. The van der Waals surface area contributed by atoms with Crippen molar-refractivity contribution in [2.24, 2.45) is 5.73 Å². The molecule has 4 N–H and O–H groups in total. The highest BCUT2D eigenvalue weighted by Crippen LogP contribution is 2.28. The zero-order chi connectivity index (χ0) is 17.6. The number of fused-ring (bicyclic) bond motifs is 1. The van der Waals surface area contributed by atoms with Gasteiger partial charge in [-0.2, -0.15) is 0 Å². The second-order valence-electron chi connectivity index (χ2n) is 6.39. The number of rotatable bonds is 9. The van der Waals surface area contributed by atoms with Gasteiger partial charge in [0.15, 0.2) is 0 Å². The summed E-state index contributed by atoms with van der Waals surface area (Å²) >= 11 is 0. The molecule has 0 unspecified atom stereocenters. The van der Waals surface area contributed by atoms with Crippen molar-refractivity contribution in [3.8, 4) is 0 Å². The van der Waals surface area contributed by atoms with E-state index >= 15 is 0 Å². The lowest BCUT2D eigenvalue weighted by atomic mass is 10.0. The predicted octanol–water partition coefficient (Wildman–Crippen LogP) is 2.98. The zero-order valence-electron chi connectivity index (χ0n) is 13.7. The lowest BCUT2D eigenvalue weighted by Gasteiger charge is -2.18. The molecular formula is C17H25F2N3O2. The van der Waals surface area contributed by atoms with Crippen LogP contribution in [0.15, 0.2) is 12.1 Å². The van der Waals surface area contributed by atoms with Crippen LogP contribution in [0.2, 0.25) is 0 Å². The molecule has 0 spiro atoms. The summed E-state index contributed by atoms with van der Waals surface area (Å²) in [7, 11) is 0. The number of halogens is 2. The molecule has 1 aromatic heterocycles. The van der Waals surface area contributed by atoms with E-state index in [1.54, 1.807) is 0 Å². The molecule has 2 rings (SSSR count). The van der Waals surface area contributed by atoms with Gasteiger partial charge in [-0.25, -0.2) is 13.8 Å². The minimum Gasteiger partial charge on any atom is -0.480 e. The first-order valence-corrected chi connectivity index (χ1v) is 8.46. The summed E-state index contributed by atoms with van der Waals surface area (Å²) in [6.45, 7) is 0.925. The number of aryl methyl sites for hydroxylation is 2. The number of hydrogen-bond donors (Lipinski definition) is 3. The quantitative estimate of drug-likeness (QED) is 0.601. The molecule has 2 heterocycles. The van der Waals surface area contributed by atoms with Crippen molar-refractivity contribution >= 4 is 11.8 Å². The second-order valence-corrected chi connectivity index (χ2v) is 6.39. The first-order chi connectivity index (χ1) is 11.4. The lowest BCUT2D eigenvalue weighted by Crippen LogP contribution is -2.32. The van der Waals surface area contributed by atoms with Crippen molar-refractivity contribution in [1.82, 2.24) is 4.98 Å². The molecule has 134 valence electrons. The van der Waals surface area contributed by atoms with Crippen LogP contribution in [0.3, 0.4) is 0 Å². The van der Waals surface area contributed by atoms with Crippen LogP contribution in [0.25, 0.3) is 0 Å². The molecule has 0 aromatic carbocycles. The van der Waals surface area contributed by atoms with E-state index in [2.05, 4.69) is 16.4 Å². The number of pyridine rings is 1. The van der Waals surface area contributed by atoms with Crippen molar-refractivity contribution in [3.05, 3.63) is 23.4 Å². The molecule has 1 aliphatic heterocycles. The fourth-order valence-corrected chi connectivity index (χ4v) is 2.81. The number of anilines is 1. The van der Waals surface area contributed by atoms with Crippen molar-refractivity contribution in [3.63, 3.8) is 0 Å². The third-order valence-electron chi connectivity index (χ3n) is 4.32. The molecule has 0 saturated heterocycles. The molecule has 0 aliphatic carbocycles. The van der Waals surface area contributed by atoms with Crippen LogP contribution in [0, 0.1) is 0 Å². The largest absolute Gasteiger partial charge is 0.480 e. The van der Waals surface area contributed by atoms with Crippen LogP contribution >= 0.6 is 0 Å². The minimum atomic E-state index is -2.86. The highest BCUT2D eigenvalue weighted by molar-refractivity contribution is 5.72. The van der Waals surface area contributed by atoms with Crippen molar-refractivity contribution in [1.29, 1.82) is 0 Å². The highest BCUT2D eigenvalue weighted by Gasteiger charge is 2.29. The molecule has 0 saturated carbocycles. The number of aliphatic carboxylic acids is 1. The Morgan fingerprint density at radius 1 is 1.38 bits per heavy atom. The number of carboxylic acid groups (broad SMARTS) is 1. The van der Waals surface area contributed by atoms with E-state index in [-0.39, 0.29) is 12.8 Å². The molecule has 5 nitrogen and oxygen atoms in total. The monoisotopic (exact) mass is 341 g/mol. The van der Waals surface area contributed by atoms with Crippen molar-refractivity contribution < 1.29 is 18.7 Å². The number of hydrogen-bond acceptors (Lipinski definition) is 4. The van der Waals surface area contributed by atoms with Gasteiger partial charge in [-0.1, -0.05) is 6.07 Å². The normalized spacial score (nSPS) is 15.5. The van der Waals surface area contributed by atoms with Gasteiger partial charge >= 0.3 is 5.97 Å². The molecule has 7 heteroatoms. The topological polar surface area (TPSA) is 88.2 Å². The van der Waals surface area contributed by atoms with Crippen LogP contribution in [0.4, 0.5) is 14.6 Å². The van der Waals surface area contributed by atoms with Crippen LogP contribution < -0.4 is 11.1 Å². The van der Waals surface area contributed by atoms with Crippen molar-refractivity contribution in [2.45, 2.75) is 63.3 Å². The Hall–Kier alpha value is -1.76. The van der Waals surface area contributed by atoms with E-state index in [1.807, 2.05) is 6.07 Å². The van der Waals surface area contributed by atoms with E-state index in [0.29, 0.717) is 19.3 Å². The number of aromatic nitrogens is 1. The minimum absolute atomic E-state index is 0.208. The van der Waals surface area contributed by atoms with Gasteiger partial charge < -0.3 is 16.2 Å². The Kier molecular flexibility index (Phi) is 6.48. The molecule has 1 atom stereocenters.